The fraction of sp³-hybridized carbons (Fsp3) is 0.250. The van der Waals surface area contributed by atoms with Crippen molar-refractivity contribution in [1.82, 2.24) is 0 Å². The predicted octanol–water partition coefficient (Wildman–Crippen LogP) is 1.17. The van der Waals surface area contributed by atoms with Crippen molar-refractivity contribution in [2.45, 2.75) is 13.2 Å². The Hall–Kier alpha value is -0.590. The molecule has 1 aromatic rings. The summed E-state index contributed by atoms with van der Waals surface area (Å²) in [6, 6.07) is 7.29. The highest BCUT2D eigenvalue weighted by molar-refractivity contribution is 7.27. The van der Waals surface area contributed by atoms with E-state index in [0.29, 0.717) is 5.75 Å². The smallest absolute Gasteiger partial charge is 0.194 e. The molecule has 60 valence electrons. The van der Waals surface area contributed by atoms with Gasteiger partial charge in [-0.2, -0.15) is 0 Å². The third-order valence-corrected chi connectivity index (χ3v) is 1.49. The van der Waals surface area contributed by atoms with Crippen LogP contribution in [0.15, 0.2) is 24.3 Å². The highest BCUT2D eigenvalue weighted by Gasteiger charge is 1.94. The first-order valence-corrected chi connectivity index (χ1v) is 3.85. The Bertz CT molecular complexity index is 218. The molecular weight excluding hydrogens is 159 g/mol. The van der Waals surface area contributed by atoms with Crippen molar-refractivity contribution in [2.75, 3.05) is 0 Å². The fourth-order valence-electron chi connectivity index (χ4n) is 0.730. The molecule has 0 aliphatic rings. The van der Waals surface area contributed by atoms with Crippen LogP contribution >= 0.6 is 9.24 Å². The van der Waals surface area contributed by atoms with Crippen molar-refractivity contribution in [3.63, 3.8) is 0 Å². The number of hydrogen-bond donors (Lipinski definition) is 1. The lowest BCUT2D eigenvalue weighted by Gasteiger charge is -2.09. The highest BCUT2D eigenvalue weighted by atomic mass is 31.0. The van der Waals surface area contributed by atoms with E-state index in [4.69, 9.17) is 9.84 Å². The van der Waals surface area contributed by atoms with Crippen LogP contribution in [0.3, 0.4) is 0 Å². The van der Waals surface area contributed by atoms with Crippen LogP contribution in [-0.4, -0.2) is 11.4 Å². The lowest BCUT2D eigenvalue weighted by atomic mass is 10.3. The summed E-state index contributed by atoms with van der Waals surface area (Å²) in [6.07, 6.45) is -0.754. The molecule has 0 aliphatic heterocycles. The Balaban J connectivity index is 2.66. The quantitative estimate of drug-likeness (QED) is 0.532. The van der Waals surface area contributed by atoms with Gasteiger partial charge in [-0.25, -0.2) is 5.30 Å². The van der Waals surface area contributed by atoms with Crippen LogP contribution in [0, 0.1) is 0 Å². The first-order chi connectivity index (χ1) is 5.18. The van der Waals surface area contributed by atoms with Gasteiger partial charge >= 0.3 is 0 Å². The molecule has 1 rings (SSSR count). The molecule has 0 fully saturated rings. The van der Waals surface area contributed by atoms with Crippen LogP contribution in [0.5, 0.6) is 5.75 Å². The maximum atomic E-state index is 8.84. The first-order valence-electron chi connectivity index (χ1n) is 3.35. The van der Waals surface area contributed by atoms with Crippen molar-refractivity contribution in [1.29, 1.82) is 0 Å². The molecule has 1 atom stereocenters. The summed E-state index contributed by atoms with van der Waals surface area (Å²) in [4.78, 5) is 0. The molecule has 0 aromatic heterocycles. The van der Waals surface area contributed by atoms with Crippen LogP contribution in [0.4, 0.5) is 0 Å². The average Bonchev–Trinajstić information content (AvgIpc) is 1.93. The number of ether oxygens (including phenoxy) is 1. The third-order valence-electron chi connectivity index (χ3n) is 1.16. The molecule has 1 N–H and O–H groups in total. The van der Waals surface area contributed by atoms with Crippen LogP contribution in [0.2, 0.25) is 0 Å². The monoisotopic (exact) mass is 169 g/mol. The minimum absolute atomic E-state index is 0.669. The van der Waals surface area contributed by atoms with Crippen LogP contribution in [-0.2, 0) is 0 Å². The Morgan fingerprint density at radius 1 is 1.36 bits per heavy atom. The molecule has 0 aliphatic carbocycles. The van der Waals surface area contributed by atoms with Gasteiger partial charge in [0, 0.05) is 0 Å². The SMILES string of the molecule is CC(O)Oc1ccc([PH-])cc1. The Labute approximate surface area is 68.4 Å². The van der Waals surface area contributed by atoms with Crippen LogP contribution in [0.1, 0.15) is 6.92 Å². The van der Waals surface area contributed by atoms with E-state index in [0.717, 1.165) is 5.30 Å². The molecule has 2 nitrogen and oxygen atoms in total. The van der Waals surface area contributed by atoms with E-state index in [9.17, 15) is 0 Å². The van der Waals surface area contributed by atoms with Gasteiger partial charge in [-0.1, -0.05) is 12.1 Å². The number of aliphatic hydroxyl groups excluding tert-OH is 1. The highest BCUT2D eigenvalue weighted by Crippen LogP contribution is 2.09. The van der Waals surface area contributed by atoms with E-state index >= 15 is 0 Å². The van der Waals surface area contributed by atoms with Crippen LogP contribution < -0.4 is 10.0 Å². The van der Waals surface area contributed by atoms with E-state index in [-0.39, 0.29) is 0 Å². The summed E-state index contributed by atoms with van der Waals surface area (Å²) in [5.74, 6) is 0.669. The standard InChI is InChI=1S/C8H10O2P/c1-6(9)10-7-2-4-8(11)5-3-7/h2-6,9,11H,1H3/q-1. The Morgan fingerprint density at radius 2 is 1.91 bits per heavy atom. The molecule has 3 heteroatoms. The zero-order valence-corrected chi connectivity index (χ0v) is 7.24. The summed E-state index contributed by atoms with van der Waals surface area (Å²) >= 11 is 0. The molecule has 0 bridgehead atoms. The Kier molecular flexibility index (Phi) is 2.86. The van der Waals surface area contributed by atoms with Gasteiger partial charge in [0.15, 0.2) is 6.29 Å². The van der Waals surface area contributed by atoms with E-state index < -0.39 is 6.29 Å². The minimum atomic E-state index is -0.754. The lowest BCUT2D eigenvalue weighted by Crippen LogP contribution is -2.09. The molecule has 0 saturated carbocycles. The molecule has 0 heterocycles. The summed E-state index contributed by atoms with van der Waals surface area (Å²) in [7, 11) is 3.34. The van der Waals surface area contributed by atoms with Gasteiger partial charge in [0.25, 0.3) is 0 Å². The molecule has 1 unspecified atom stereocenters. The van der Waals surface area contributed by atoms with Crippen molar-refractivity contribution in [3.05, 3.63) is 24.3 Å². The second-order valence-electron chi connectivity index (χ2n) is 2.24. The first kappa shape index (κ1) is 8.51. The normalized spacial score (nSPS) is 12.6. The lowest BCUT2D eigenvalue weighted by molar-refractivity contribution is -0.000273. The van der Waals surface area contributed by atoms with E-state index in [1.807, 2.05) is 12.1 Å². The molecule has 0 radical (unpaired) electrons. The molecule has 0 spiro atoms. The molecule has 1 aromatic carbocycles. The summed E-state index contributed by atoms with van der Waals surface area (Å²) in [5, 5.41) is 9.83. The van der Waals surface area contributed by atoms with Gasteiger partial charge in [0.05, 0.1) is 0 Å². The summed E-state index contributed by atoms with van der Waals surface area (Å²) in [5.41, 5.74) is 0. The van der Waals surface area contributed by atoms with Crippen molar-refractivity contribution < 1.29 is 9.84 Å². The molecule has 11 heavy (non-hydrogen) atoms. The zero-order valence-electron chi connectivity index (χ0n) is 6.24. The average molecular weight is 169 g/mol. The fourth-order valence-corrected chi connectivity index (χ4v) is 0.897. The van der Waals surface area contributed by atoms with E-state index in [1.54, 1.807) is 19.1 Å². The van der Waals surface area contributed by atoms with Gasteiger partial charge in [-0.15, -0.1) is 0 Å². The third kappa shape index (κ3) is 2.87. The van der Waals surface area contributed by atoms with E-state index in [2.05, 4.69) is 9.24 Å². The topological polar surface area (TPSA) is 29.5 Å². The minimum Gasteiger partial charge on any atom is -0.525 e. The second-order valence-corrected chi connectivity index (χ2v) is 2.82. The number of benzene rings is 1. The number of rotatable bonds is 2. The molecular formula is C8H10O2P-. The van der Waals surface area contributed by atoms with Crippen molar-refractivity contribution in [2.24, 2.45) is 0 Å². The van der Waals surface area contributed by atoms with Gasteiger partial charge in [-0.3, -0.25) is 0 Å². The van der Waals surface area contributed by atoms with E-state index in [1.165, 1.54) is 0 Å². The number of hydrogen-bond acceptors (Lipinski definition) is 2. The number of aliphatic hydroxyl groups is 1. The Morgan fingerprint density at radius 3 is 2.36 bits per heavy atom. The summed E-state index contributed by atoms with van der Waals surface area (Å²) < 4.78 is 5.00. The molecule has 0 amide bonds. The second kappa shape index (κ2) is 3.70. The maximum absolute atomic E-state index is 8.84. The summed E-state index contributed by atoms with van der Waals surface area (Å²) in [6.45, 7) is 1.57. The predicted molar refractivity (Wildman–Crippen MR) is 46.7 cm³/mol. The van der Waals surface area contributed by atoms with Gasteiger partial charge in [0.2, 0.25) is 0 Å². The van der Waals surface area contributed by atoms with Gasteiger partial charge in [0.1, 0.15) is 5.75 Å². The van der Waals surface area contributed by atoms with Gasteiger partial charge in [-0.05, 0) is 19.1 Å². The zero-order chi connectivity index (χ0) is 8.27. The largest absolute Gasteiger partial charge is 0.525 e. The molecule has 0 saturated heterocycles. The van der Waals surface area contributed by atoms with Crippen molar-refractivity contribution >= 4 is 14.5 Å². The maximum Gasteiger partial charge on any atom is 0.194 e. The van der Waals surface area contributed by atoms with Crippen LogP contribution in [0.25, 0.3) is 0 Å². The van der Waals surface area contributed by atoms with Crippen molar-refractivity contribution in [3.8, 4) is 5.75 Å². The van der Waals surface area contributed by atoms with Gasteiger partial charge < -0.3 is 19.1 Å².